The van der Waals surface area contributed by atoms with Gasteiger partial charge in [0.1, 0.15) is 29.0 Å². The van der Waals surface area contributed by atoms with Gasteiger partial charge in [-0.3, -0.25) is 4.90 Å². The Morgan fingerprint density at radius 2 is 2.00 bits per heavy atom. The largest absolute Gasteiger partial charge is 0.480 e. The third-order valence-corrected chi connectivity index (χ3v) is 10.3. The zero-order chi connectivity index (χ0) is 31.5. The zero-order valence-corrected chi connectivity index (χ0v) is 26.6. The van der Waals surface area contributed by atoms with Gasteiger partial charge in [-0.05, 0) is 62.1 Å². The molecule has 3 aliphatic heterocycles. The topological polar surface area (TPSA) is 123 Å². The van der Waals surface area contributed by atoms with Gasteiger partial charge in [0.05, 0.1) is 19.3 Å². The number of pyridine rings is 1. The Labute approximate surface area is 267 Å². The summed E-state index contributed by atoms with van der Waals surface area (Å²) >= 11 is 6.80. The molecule has 0 radical (unpaired) electrons. The molecule has 10 nitrogen and oxygen atoms in total. The number of hydrogen-bond donors (Lipinski definition) is 2. The van der Waals surface area contributed by atoms with Crippen LogP contribution in [0.15, 0.2) is 18.2 Å². The molecule has 0 amide bonds. The summed E-state index contributed by atoms with van der Waals surface area (Å²) in [5, 5.41) is 9.00. The fourth-order valence-corrected chi connectivity index (χ4v) is 7.87. The molecule has 1 atom stereocenters. The number of nitrogens with two attached hydrogens (primary N) is 1. The monoisotopic (exact) mass is 635 g/mol. The Bertz CT molecular complexity index is 1710. The average molecular weight is 636 g/mol. The summed E-state index contributed by atoms with van der Waals surface area (Å²) in [6, 6.07) is 1.73. The van der Waals surface area contributed by atoms with E-state index in [-0.39, 0.29) is 39.7 Å². The van der Waals surface area contributed by atoms with Gasteiger partial charge in [0.25, 0.3) is 0 Å². The lowest BCUT2D eigenvalue weighted by Gasteiger charge is -2.31. The molecule has 4 aliphatic rings. The molecule has 0 spiro atoms. The van der Waals surface area contributed by atoms with Gasteiger partial charge in [-0.15, -0.1) is 0 Å². The molecule has 2 aromatic heterocycles. The molecule has 4 fully saturated rings. The van der Waals surface area contributed by atoms with Crippen LogP contribution in [0.4, 0.5) is 15.9 Å². The second-order valence-corrected chi connectivity index (χ2v) is 13.5. The number of nitrogens with zero attached hydrogens (tertiary/aromatic N) is 5. The van der Waals surface area contributed by atoms with Crippen molar-refractivity contribution in [1.29, 1.82) is 5.41 Å². The zero-order valence-electron chi connectivity index (χ0n) is 25.8. The van der Waals surface area contributed by atoms with E-state index in [2.05, 4.69) is 23.3 Å². The van der Waals surface area contributed by atoms with Crippen LogP contribution in [0.25, 0.3) is 22.2 Å². The number of halogens is 2. The number of rotatable bonds is 8. The predicted octanol–water partition coefficient (Wildman–Crippen LogP) is 5.52. The van der Waals surface area contributed by atoms with Crippen molar-refractivity contribution in [2.24, 2.45) is 0 Å². The van der Waals surface area contributed by atoms with Gasteiger partial charge in [-0.2, -0.15) is 9.97 Å². The minimum Gasteiger partial charge on any atom is -0.480 e. The van der Waals surface area contributed by atoms with Crippen molar-refractivity contribution in [3.63, 3.8) is 0 Å². The van der Waals surface area contributed by atoms with E-state index < -0.39 is 5.82 Å². The molecule has 12 heteroatoms. The molecule has 1 unspecified atom stereocenters. The number of nitrogens with one attached hydrogen (secondary N) is 1. The molecule has 3 aromatic rings. The van der Waals surface area contributed by atoms with E-state index in [4.69, 9.17) is 51.9 Å². The number of aromatic nitrogens is 3. The van der Waals surface area contributed by atoms with Crippen molar-refractivity contribution in [3.8, 4) is 23.1 Å². The first-order valence-electron chi connectivity index (χ1n) is 15.6. The quantitative estimate of drug-likeness (QED) is 0.187. The van der Waals surface area contributed by atoms with E-state index in [0.717, 1.165) is 63.4 Å². The van der Waals surface area contributed by atoms with Gasteiger partial charge in [0.2, 0.25) is 5.88 Å². The molecule has 3 N–H and O–H groups in total. The Morgan fingerprint density at radius 1 is 1.18 bits per heavy atom. The highest BCUT2D eigenvalue weighted by Gasteiger charge is 2.47. The number of fused-ring (bicyclic) bond motifs is 2. The van der Waals surface area contributed by atoms with Crippen molar-refractivity contribution in [1.82, 2.24) is 19.9 Å². The molecule has 238 valence electrons. The highest BCUT2D eigenvalue weighted by atomic mass is 35.5. The van der Waals surface area contributed by atoms with Gasteiger partial charge in [-0.1, -0.05) is 30.7 Å². The highest BCUT2D eigenvalue weighted by Crippen LogP contribution is 2.55. The van der Waals surface area contributed by atoms with Crippen LogP contribution in [0.2, 0.25) is 5.02 Å². The van der Waals surface area contributed by atoms with Gasteiger partial charge >= 0.3 is 6.01 Å². The van der Waals surface area contributed by atoms with E-state index in [9.17, 15) is 0 Å². The third kappa shape index (κ3) is 5.09. The Balaban J connectivity index is 1.43. The summed E-state index contributed by atoms with van der Waals surface area (Å²) in [6.07, 6.45) is 6.61. The van der Waals surface area contributed by atoms with Crippen LogP contribution < -0.4 is 20.1 Å². The van der Waals surface area contributed by atoms with E-state index >= 15 is 4.39 Å². The highest BCUT2D eigenvalue weighted by molar-refractivity contribution is 6.32. The summed E-state index contributed by atoms with van der Waals surface area (Å²) in [7, 11) is 1.50. The fourth-order valence-electron chi connectivity index (χ4n) is 7.43. The Morgan fingerprint density at radius 3 is 2.76 bits per heavy atom. The molecule has 0 bridgehead atoms. The van der Waals surface area contributed by atoms with Crippen LogP contribution in [0.3, 0.4) is 0 Å². The SMILES string of the molecule is C=C1CN2CCCC2(COc2nc(N3CCCOCC3)c3c(OC)nc(-c4c(C=N)c(N)cc(Cl)c4C4(C)CC4)c(F)c3n2)C1. The average Bonchev–Trinajstić information content (AvgIpc) is 3.63. The maximum atomic E-state index is 17.2. The minimum atomic E-state index is -0.671. The van der Waals surface area contributed by atoms with E-state index in [1.807, 2.05) is 0 Å². The lowest BCUT2D eigenvalue weighted by Crippen LogP contribution is -2.43. The summed E-state index contributed by atoms with van der Waals surface area (Å²) in [4.78, 5) is 18.8. The first-order valence-corrected chi connectivity index (χ1v) is 16.0. The first-order chi connectivity index (χ1) is 21.7. The summed E-state index contributed by atoms with van der Waals surface area (Å²) in [5.74, 6) is -0.0168. The molecule has 45 heavy (non-hydrogen) atoms. The van der Waals surface area contributed by atoms with E-state index in [0.29, 0.717) is 60.3 Å². The van der Waals surface area contributed by atoms with Crippen LogP contribution >= 0.6 is 11.6 Å². The van der Waals surface area contributed by atoms with Crippen molar-refractivity contribution < 1.29 is 18.6 Å². The number of ether oxygens (including phenoxy) is 3. The van der Waals surface area contributed by atoms with E-state index in [1.54, 1.807) is 6.07 Å². The maximum absolute atomic E-state index is 17.2. The smallest absolute Gasteiger partial charge is 0.319 e. The van der Waals surface area contributed by atoms with Crippen molar-refractivity contribution in [2.75, 3.05) is 63.7 Å². The van der Waals surface area contributed by atoms with Crippen LogP contribution in [0.5, 0.6) is 11.9 Å². The second kappa shape index (κ2) is 11.4. The van der Waals surface area contributed by atoms with Crippen LogP contribution in [-0.2, 0) is 10.2 Å². The number of benzene rings is 1. The lowest BCUT2D eigenvalue weighted by molar-refractivity contribution is 0.108. The van der Waals surface area contributed by atoms with Gasteiger partial charge in [0.15, 0.2) is 5.82 Å². The Hall–Kier alpha value is -3.54. The van der Waals surface area contributed by atoms with Crippen molar-refractivity contribution in [3.05, 3.63) is 40.2 Å². The lowest BCUT2D eigenvalue weighted by atomic mass is 9.87. The molecule has 1 aromatic carbocycles. The Kier molecular flexibility index (Phi) is 7.61. The van der Waals surface area contributed by atoms with Crippen LogP contribution in [0, 0.1) is 11.2 Å². The molecule has 1 saturated carbocycles. The molecular formula is C33H39ClFN7O3. The predicted molar refractivity (Wildman–Crippen MR) is 174 cm³/mol. The maximum Gasteiger partial charge on any atom is 0.319 e. The number of anilines is 2. The normalized spacial score (nSPS) is 22.8. The molecule has 1 aliphatic carbocycles. The van der Waals surface area contributed by atoms with Gasteiger partial charge in [0, 0.05) is 54.3 Å². The summed E-state index contributed by atoms with van der Waals surface area (Å²) in [6.45, 7) is 10.9. The molecule has 3 saturated heterocycles. The number of hydrogen-bond acceptors (Lipinski definition) is 10. The minimum absolute atomic E-state index is 0.0161. The standard InChI is InChI=1S/C33H39ClFN7O3/c1-19-15-33(6-4-10-42(33)17-19)18-45-31-39-28-24(29(40-31)41-9-5-12-44-13-11-41)30(43-3)38-27(26(28)35)23-20(16-36)22(37)14-21(34)25(23)32(2)7-8-32/h14,16,36H,1,4-13,15,17-18,37H2,2-3H3. The van der Waals surface area contributed by atoms with Crippen LogP contribution in [-0.4, -0.2) is 84.7 Å². The first kappa shape index (κ1) is 30.1. The van der Waals surface area contributed by atoms with Gasteiger partial charge in [-0.25, -0.2) is 9.37 Å². The third-order valence-electron chi connectivity index (χ3n) is 9.97. The number of nitrogen functional groups attached to an aromatic ring is 1. The number of methoxy groups -OCH3 is 1. The van der Waals surface area contributed by atoms with Crippen LogP contribution in [0.1, 0.15) is 56.6 Å². The summed E-state index contributed by atoms with van der Waals surface area (Å²) in [5.41, 5.74) is 8.86. The van der Waals surface area contributed by atoms with Crippen molar-refractivity contribution in [2.45, 2.75) is 56.4 Å². The molecule has 5 heterocycles. The van der Waals surface area contributed by atoms with Gasteiger partial charge < -0.3 is 30.3 Å². The van der Waals surface area contributed by atoms with E-state index in [1.165, 1.54) is 12.7 Å². The molecular weight excluding hydrogens is 597 g/mol. The summed E-state index contributed by atoms with van der Waals surface area (Å²) < 4.78 is 35.1. The molecule has 7 rings (SSSR count). The second-order valence-electron chi connectivity index (χ2n) is 13.1. The fraction of sp³-hybridized carbons (Fsp3) is 0.515. The van der Waals surface area contributed by atoms with Crippen molar-refractivity contribution >= 4 is 40.2 Å².